The predicted molar refractivity (Wildman–Crippen MR) is 208 cm³/mol. The van der Waals surface area contributed by atoms with E-state index in [9.17, 15) is 0 Å². The second-order valence-corrected chi connectivity index (χ2v) is 11.7. The van der Waals surface area contributed by atoms with Gasteiger partial charge in [-0.2, -0.15) is 0 Å². The SMILES string of the molecule is C=C/C=C(\C=N)c1ccc(N(c2ccc(C(=C)C=C)cc2)c2ccc3[nH]c4c(-c5ccccc5)cc(-c5ccccc5)cc4c3c2)cc1. The molecule has 2 N–H and O–H groups in total. The van der Waals surface area contributed by atoms with Gasteiger partial charge in [0.1, 0.15) is 0 Å². The van der Waals surface area contributed by atoms with Gasteiger partial charge in [0.2, 0.25) is 0 Å². The van der Waals surface area contributed by atoms with Crippen molar-refractivity contribution in [2.45, 2.75) is 0 Å². The minimum Gasteiger partial charge on any atom is -0.354 e. The number of aromatic amines is 1. The van der Waals surface area contributed by atoms with Crippen LogP contribution in [-0.4, -0.2) is 11.2 Å². The van der Waals surface area contributed by atoms with E-state index in [1.54, 1.807) is 12.2 Å². The molecule has 3 nitrogen and oxygen atoms in total. The lowest BCUT2D eigenvalue weighted by atomic mass is 9.95. The van der Waals surface area contributed by atoms with Gasteiger partial charge in [-0.3, -0.25) is 0 Å². The van der Waals surface area contributed by atoms with E-state index < -0.39 is 0 Å². The molecule has 0 atom stereocenters. The number of anilines is 3. The van der Waals surface area contributed by atoms with E-state index in [2.05, 4.69) is 169 Å². The van der Waals surface area contributed by atoms with Crippen molar-refractivity contribution in [3.05, 3.63) is 189 Å². The first-order valence-electron chi connectivity index (χ1n) is 15.9. The second-order valence-electron chi connectivity index (χ2n) is 11.7. The molecule has 3 heteroatoms. The summed E-state index contributed by atoms with van der Waals surface area (Å²) in [6.45, 7) is 11.8. The molecule has 0 amide bonds. The third-order valence-electron chi connectivity index (χ3n) is 8.80. The average molecular weight is 618 g/mol. The summed E-state index contributed by atoms with van der Waals surface area (Å²) >= 11 is 0. The zero-order valence-electron chi connectivity index (χ0n) is 26.7. The van der Waals surface area contributed by atoms with Gasteiger partial charge in [0, 0.05) is 45.1 Å². The van der Waals surface area contributed by atoms with E-state index in [-0.39, 0.29) is 0 Å². The van der Waals surface area contributed by atoms with Crippen molar-refractivity contribution in [3.8, 4) is 22.3 Å². The predicted octanol–water partition coefficient (Wildman–Crippen LogP) is 12.5. The highest BCUT2D eigenvalue weighted by Crippen LogP contribution is 2.41. The molecule has 0 saturated heterocycles. The Bertz CT molecular complexity index is 2320. The number of rotatable bonds is 10. The molecule has 0 unspecified atom stereocenters. The van der Waals surface area contributed by atoms with Gasteiger partial charge in [0.15, 0.2) is 0 Å². The standard InChI is InChI=1S/C45H35N3/c1-4-12-36(30-46)34-19-23-39(24-20-34)48(38-21-17-32(18-22-38)31(3)5-2)40-25-26-44-42(29-40)43-28-37(33-13-8-6-9-14-33)27-41(45(43)47-44)35-15-10-7-11-16-35/h4-30,46-47H,1-3H2/b36-12+,46-30?. The summed E-state index contributed by atoms with van der Waals surface area (Å²) in [5, 5.41) is 10.2. The van der Waals surface area contributed by atoms with Crippen LogP contribution in [0, 0.1) is 5.41 Å². The molecule has 1 heterocycles. The summed E-state index contributed by atoms with van der Waals surface area (Å²) in [4.78, 5) is 6.03. The largest absolute Gasteiger partial charge is 0.354 e. The molecule has 0 bridgehead atoms. The van der Waals surface area contributed by atoms with E-state index in [1.807, 2.05) is 6.08 Å². The summed E-state index contributed by atoms with van der Waals surface area (Å²) in [5.41, 5.74) is 13.6. The van der Waals surface area contributed by atoms with E-state index in [0.29, 0.717) is 0 Å². The van der Waals surface area contributed by atoms with Gasteiger partial charge in [-0.25, -0.2) is 0 Å². The Morgan fingerprint density at radius 1 is 0.604 bits per heavy atom. The number of nitrogens with zero attached hydrogens (tertiary/aromatic N) is 1. The summed E-state index contributed by atoms with van der Waals surface area (Å²) in [7, 11) is 0. The fourth-order valence-corrected chi connectivity index (χ4v) is 6.32. The molecule has 0 spiro atoms. The van der Waals surface area contributed by atoms with Crippen molar-refractivity contribution < 1.29 is 0 Å². The maximum Gasteiger partial charge on any atom is 0.0544 e. The van der Waals surface area contributed by atoms with Crippen molar-refractivity contribution in [1.29, 1.82) is 5.41 Å². The molecule has 230 valence electrons. The zero-order valence-corrected chi connectivity index (χ0v) is 26.7. The average Bonchev–Trinajstić information content (AvgIpc) is 3.52. The second kappa shape index (κ2) is 13.1. The number of allylic oxidation sites excluding steroid dienone is 5. The van der Waals surface area contributed by atoms with Crippen molar-refractivity contribution in [2.24, 2.45) is 0 Å². The number of hydrogen-bond donors (Lipinski definition) is 2. The van der Waals surface area contributed by atoms with E-state index >= 15 is 0 Å². The van der Waals surface area contributed by atoms with Gasteiger partial charge < -0.3 is 15.3 Å². The van der Waals surface area contributed by atoms with Crippen molar-refractivity contribution in [1.82, 2.24) is 4.98 Å². The van der Waals surface area contributed by atoms with E-state index in [4.69, 9.17) is 5.41 Å². The van der Waals surface area contributed by atoms with Crippen LogP contribution < -0.4 is 4.90 Å². The number of H-pyrrole nitrogens is 1. The minimum absolute atomic E-state index is 0.805. The Hall–Kier alpha value is -6.45. The first kappa shape index (κ1) is 30.2. The fraction of sp³-hybridized carbons (Fsp3) is 0. The number of hydrogen-bond acceptors (Lipinski definition) is 2. The highest BCUT2D eigenvalue weighted by molar-refractivity contribution is 6.14. The number of nitrogens with one attached hydrogen (secondary N) is 2. The van der Waals surface area contributed by atoms with Gasteiger partial charge in [0.05, 0.1) is 5.52 Å². The Labute approximate surface area is 281 Å². The van der Waals surface area contributed by atoms with Gasteiger partial charge in [0.25, 0.3) is 0 Å². The first-order chi connectivity index (χ1) is 23.6. The third kappa shape index (κ3) is 5.70. The topological polar surface area (TPSA) is 42.9 Å². The molecule has 7 rings (SSSR count). The lowest BCUT2D eigenvalue weighted by molar-refractivity contribution is 1.28. The number of fused-ring (bicyclic) bond motifs is 3. The quantitative estimate of drug-likeness (QED) is 0.116. The molecule has 0 aliphatic carbocycles. The highest BCUT2D eigenvalue weighted by atomic mass is 15.1. The third-order valence-corrected chi connectivity index (χ3v) is 8.80. The number of aromatic nitrogens is 1. The van der Waals surface area contributed by atoms with Crippen LogP contribution in [0.2, 0.25) is 0 Å². The Morgan fingerprint density at radius 2 is 1.21 bits per heavy atom. The van der Waals surface area contributed by atoms with Crippen LogP contribution in [0.4, 0.5) is 17.1 Å². The molecule has 6 aromatic carbocycles. The van der Waals surface area contributed by atoms with Crippen molar-refractivity contribution in [2.75, 3.05) is 4.90 Å². The molecule has 1 aromatic heterocycles. The van der Waals surface area contributed by atoms with Crippen LogP contribution in [0.5, 0.6) is 0 Å². The van der Waals surface area contributed by atoms with Crippen LogP contribution >= 0.6 is 0 Å². The summed E-state index contributed by atoms with van der Waals surface area (Å²) < 4.78 is 0. The molecular weight excluding hydrogens is 583 g/mol. The molecule has 0 aliphatic heterocycles. The lowest BCUT2D eigenvalue weighted by Crippen LogP contribution is -2.10. The maximum absolute atomic E-state index is 7.88. The maximum atomic E-state index is 7.88. The molecule has 0 radical (unpaired) electrons. The molecule has 0 aliphatic rings. The summed E-state index contributed by atoms with van der Waals surface area (Å²) in [5.74, 6) is 0. The van der Waals surface area contributed by atoms with Crippen LogP contribution in [-0.2, 0) is 0 Å². The van der Waals surface area contributed by atoms with Crippen molar-refractivity contribution >= 4 is 56.2 Å². The van der Waals surface area contributed by atoms with Gasteiger partial charge in [-0.15, -0.1) is 0 Å². The van der Waals surface area contributed by atoms with Crippen LogP contribution in [0.15, 0.2) is 177 Å². The summed E-state index contributed by atoms with van der Waals surface area (Å²) in [6.07, 6.45) is 6.70. The zero-order chi connectivity index (χ0) is 33.0. The Balaban J connectivity index is 1.43. The molecule has 7 aromatic rings. The van der Waals surface area contributed by atoms with Gasteiger partial charge in [-0.05, 0) is 93.6 Å². The van der Waals surface area contributed by atoms with E-state index in [0.717, 1.165) is 55.8 Å². The Morgan fingerprint density at radius 3 is 1.81 bits per heavy atom. The fourth-order valence-electron chi connectivity index (χ4n) is 6.32. The number of benzene rings is 6. The van der Waals surface area contributed by atoms with Crippen LogP contribution in [0.25, 0.3) is 55.2 Å². The monoisotopic (exact) mass is 617 g/mol. The normalized spacial score (nSPS) is 11.4. The minimum atomic E-state index is 0.805. The van der Waals surface area contributed by atoms with Crippen LogP contribution in [0.3, 0.4) is 0 Å². The lowest BCUT2D eigenvalue weighted by Gasteiger charge is -2.26. The highest BCUT2D eigenvalue weighted by Gasteiger charge is 2.18. The molecule has 48 heavy (non-hydrogen) atoms. The van der Waals surface area contributed by atoms with E-state index in [1.165, 1.54) is 33.9 Å². The van der Waals surface area contributed by atoms with Gasteiger partial charge in [-0.1, -0.05) is 123 Å². The summed E-state index contributed by atoms with van der Waals surface area (Å²) in [6, 6.07) is 49.1. The van der Waals surface area contributed by atoms with Crippen molar-refractivity contribution in [3.63, 3.8) is 0 Å². The Kier molecular flexibility index (Phi) is 8.25. The molecule has 0 saturated carbocycles. The smallest absolute Gasteiger partial charge is 0.0544 e. The molecule has 0 fully saturated rings. The first-order valence-corrected chi connectivity index (χ1v) is 15.9. The molecular formula is C45H35N3. The van der Waals surface area contributed by atoms with Gasteiger partial charge >= 0.3 is 0 Å². The van der Waals surface area contributed by atoms with Crippen LogP contribution in [0.1, 0.15) is 11.1 Å².